The van der Waals surface area contributed by atoms with Crippen LogP contribution in [0.2, 0.25) is 0 Å². The molecule has 0 amide bonds. The molecule has 31 heavy (non-hydrogen) atoms. The van der Waals surface area contributed by atoms with Crippen LogP contribution in [-0.4, -0.2) is 56.1 Å². The highest BCUT2D eigenvalue weighted by Gasteiger charge is 2.26. The smallest absolute Gasteiger partial charge is 0.253 e. The summed E-state index contributed by atoms with van der Waals surface area (Å²) in [6.45, 7) is 4.57. The third-order valence-corrected chi connectivity index (χ3v) is 6.38. The summed E-state index contributed by atoms with van der Waals surface area (Å²) in [5.41, 5.74) is 3.99. The molecule has 0 bridgehead atoms. The van der Waals surface area contributed by atoms with Gasteiger partial charge in [0.2, 0.25) is 0 Å². The van der Waals surface area contributed by atoms with E-state index in [1.165, 1.54) is 11.3 Å². The number of piperidine rings is 1. The Morgan fingerprint density at radius 2 is 2.00 bits per heavy atom. The molecule has 2 aliphatic rings. The van der Waals surface area contributed by atoms with Crippen LogP contribution < -0.4 is 10.5 Å². The molecule has 0 radical (unpaired) electrons. The minimum atomic E-state index is -0.0100. The van der Waals surface area contributed by atoms with Gasteiger partial charge in [-0.1, -0.05) is 0 Å². The van der Waals surface area contributed by atoms with E-state index in [1.54, 1.807) is 35.7 Å². The van der Waals surface area contributed by atoms with Gasteiger partial charge in [0.15, 0.2) is 0 Å². The van der Waals surface area contributed by atoms with Crippen LogP contribution in [0, 0.1) is 5.92 Å². The average Bonchev–Trinajstić information content (AvgIpc) is 2.81. The van der Waals surface area contributed by atoms with Gasteiger partial charge in [0.05, 0.1) is 17.7 Å². The zero-order valence-electron chi connectivity index (χ0n) is 17.8. The molecule has 3 aromatic rings. The lowest BCUT2D eigenvalue weighted by Crippen LogP contribution is -2.38. The Balaban J connectivity index is 1.25. The Hall–Kier alpha value is -3.13. The Morgan fingerprint density at radius 3 is 2.77 bits per heavy atom. The van der Waals surface area contributed by atoms with Gasteiger partial charge in [0.1, 0.15) is 12.1 Å². The van der Waals surface area contributed by atoms with E-state index in [2.05, 4.69) is 36.8 Å². The molecule has 0 atom stereocenters. The number of likely N-dealkylation sites (N-methyl/N-ethyl adjacent to an activating group) is 1. The summed E-state index contributed by atoms with van der Waals surface area (Å²) in [5, 5.41) is 0. The largest absolute Gasteiger partial charge is 0.356 e. The van der Waals surface area contributed by atoms with E-state index in [0.717, 1.165) is 56.8 Å². The van der Waals surface area contributed by atoms with Crippen LogP contribution in [-0.2, 0) is 19.5 Å². The van der Waals surface area contributed by atoms with Crippen LogP contribution in [0.15, 0.2) is 48.0 Å². The van der Waals surface area contributed by atoms with Crippen LogP contribution in [0.4, 0.5) is 5.82 Å². The minimum Gasteiger partial charge on any atom is -0.356 e. The number of nitrogens with zero attached hydrogens (tertiary/aromatic N) is 7. The first-order chi connectivity index (χ1) is 15.2. The molecule has 0 spiro atoms. The lowest BCUT2D eigenvalue weighted by atomic mass is 9.96. The fourth-order valence-electron chi connectivity index (χ4n) is 4.57. The zero-order valence-corrected chi connectivity index (χ0v) is 17.8. The lowest BCUT2D eigenvalue weighted by Gasteiger charge is -2.35. The molecule has 8 nitrogen and oxygen atoms in total. The van der Waals surface area contributed by atoms with E-state index in [4.69, 9.17) is 0 Å². The molecule has 0 aromatic carbocycles. The van der Waals surface area contributed by atoms with Crippen molar-refractivity contribution in [2.24, 2.45) is 5.92 Å². The first kappa shape index (κ1) is 19.8. The monoisotopic (exact) mass is 417 g/mol. The Labute approximate surface area is 181 Å². The predicted octanol–water partition coefficient (Wildman–Crippen LogP) is 2.00. The van der Waals surface area contributed by atoms with Crippen molar-refractivity contribution >= 4 is 5.82 Å². The molecule has 0 unspecified atom stereocenters. The summed E-state index contributed by atoms with van der Waals surface area (Å²) in [4.78, 5) is 35.1. The summed E-state index contributed by atoms with van der Waals surface area (Å²) < 4.78 is 1.74. The molecule has 3 aromatic heterocycles. The summed E-state index contributed by atoms with van der Waals surface area (Å²) >= 11 is 0. The van der Waals surface area contributed by atoms with E-state index in [0.29, 0.717) is 18.2 Å². The Bertz CT molecular complexity index is 1110. The van der Waals surface area contributed by atoms with Crippen molar-refractivity contribution in [2.75, 3.05) is 31.6 Å². The van der Waals surface area contributed by atoms with Crippen molar-refractivity contribution in [3.63, 3.8) is 0 Å². The van der Waals surface area contributed by atoms with Gasteiger partial charge in [-0.05, 0) is 37.9 Å². The number of hydrogen-bond donors (Lipinski definition) is 0. The van der Waals surface area contributed by atoms with Crippen LogP contribution in [0.1, 0.15) is 24.1 Å². The molecule has 2 aliphatic heterocycles. The van der Waals surface area contributed by atoms with Gasteiger partial charge < -0.3 is 9.80 Å². The number of rotatable bonds is 4. The fourth-order valence-corrected chi connectivity index (χ4v) is 4.57. The van der Waals surface area contributed by atoms with Crippen molar-refractivity contribution in [3.05, 3.63) is 64.9 Å². The van der Waals surface area contributed by atoms with Gasteiger partial charge in [-0.25, -0.2) is 15.0 Å². The van der Waals surface area contributed by atoms with Gasteiger partial charge in [-0.3, -0.25) is 14.3 Å². The first-order valence-corrected chi connectivity index (χ1v) is 10.9. The Morgan fingerprint density at radius 1 is 1.13 bits per heavy atom. The van der Waals surface area contributed by atoms with Gasteiger partial charge in [0.25, 0.3) is 5.56 Å². The molecule has 1 fully saturated rings. The standard InChI is InChI=1S/C23H27N7O/c1-28-8-6-20-19(14-28)23(26-15-25-20)29-9-4-17(5-10-29)13-30-16-27-21(11-22(30)31)18-3-2-7-24-12-18/h2-3,7,11-12,15-17H,4-6,8-10,13-14H2,1H3. The maximum atomic E-state index is 12.6. The molecule has 5 rings (SSSR count). The maximum Gasteiger partial charge on any atom is 0.253 e. The fraction of sp³-hybridized carbons (Fsp3) is 0.435. The summed E-state index contributed by atoms with van der Waals surface area (Å²) in [6, 6.07) is 5.37. The van der Waals surface area contributed by atoms with E-state index >= 15 is 0 Å². The highest BCUT2D eigenvalue weighted by atomic mass is 16.1. The second kappa shape index (κ2) is 8.55. The van der Waals surface area contributed by atoms with Crippen molar-refractivity contribution in [2.45, 2.75) is 32.4 Å². The number of anilines is 1. The van der Waals surface area contributed by atoms with Crippen LogP contribution in [0.25, 0.3) is 11.3 Å². The van der Waals surface area contributed by atoms with Crippen LogP contribution in [0.5, 0.6) is 0 Å². The average molecular weight is 418 g/mol. The highest BCUT2D eigenvalue weighted by Crippen LogP contribution is 2.29. The molecule has 1 saturated heterocycles. The zero-order chi connectivity index (χ0) is 21.2. The molecule has 0 N–H and O–H groups in total. The van der Waals surface area contributed by atoms with Crippen molar-refractivity contribution in [1.82, 2.24) is 29.4 Å². The maximum absolute atomic E-state index is 12.6. The van der Waals surface area contributed by atoms with E-state index < -0.39 is 0 Å². The minimum absolute atomic E-state index is 0.0100. The topological polar surface area (TPSA) is 80.0 Å². The highest BCUT2D eigenvalue weighted by molar-refractivity contribution is 5.56. The van der Waals surface area contributed by atoms with Gasteiger partial charge in [-0.15, -0.1) is 0 Å². The summed E-state index contributed by atoms with van der Waals surface area (Å²) in [5.74, 6) is 1.55. The Kier molecular flexibility index (Phi) is 5.46. The summed E-state index contributed by atoms with van der Waals surface area (Å²) in [6.07, 6.45) is 9.88. The van der Waals surface area contributed by atoms with Crippen LogP contribution >= 0.6 is 0 Å². The molecular formula is C23H27N7O. The first-order valence-electron chi connectivity index (χ1n) is 10.9. The van der Waals surface area contributed by atoms with Gasteiger partial charge >= 0.3 is 0 Å². The molecule has 8 heteroatoms. The predicted molar refractivity (Wildman–Crippen MR) is 119 cm³/mol. The molecular weight excluding hydrogens is 390 g/mol. The second-order valence-corrected chi connectivity index (χ2v) is 8.55. The number of pyridine rings is 1. The lowest BCUT2D eigenvalue weighted by molar-refractivity contribution is 0.307. The molecule has 0 aliphatic carbocycles. The SMILES string of the molecule is CN1CCc2ncnc(N3CCC(Cn4cnc(-c5cccnc5)cc4=O)CC3)c2C1. The van der Waals surface area contributed by atoms with Crippen LogP contribution in [0.3, 0.4) is 0 Å². The van der Waals surface area contributed by atoms with E-state index in [-0.39, 0.29) is 5.56 Å². The van der Waals surface area contributed by atoms with Gasteiger partial charge in [0, 0.05) is 68.7 Å². The quantitative estimate of drug-likeness (QED) is 0.642. The van der Waals surface area contributed by atoms with Crippen molar-refractivity contribution in [1.29, 1.82) is 0 Å². The number of aromatic nitrogens is 5. The second-order valence-electron chi connectivity index (χ2n) is 8.55. The summed E-state index contributed by atoms with van der Waals surface area (Å²) in [7, 11) is 2.15. The van der Waals surface area contributed by atoms with Crippen molar-refractivity contribution in [3.8, 4) is 11.3 Å². The number of hydrogen-bond acceptors (Lipinski definition) is 7. The third-order valence-electron chi connectivity index (χ3n) is 6.38. The van der Waals surface area contributed by atoms with Gasteiger partial charge in [-0.2, -0.15) is 0 Å². The molecule has 5 heterocycles. The van der Waals surface area contributed by atoms with Crippen molar-refractivity contribution < 1.29 is 0 Å². The molecule has 0 saturated carbocycles. The molecule has 160 valence electrons. The normalized spacial score (nSPS) is 17.5. The number of fused-ring (bicyclic) bond motifs is 1. The third kappa shape index (κ3) is 4.20. The van der Waals surface area contributed by atoms with E-state index in [9.17, 15) is 4.79 Å². The van der Waals surface area contributed by atoms with E-state index in [1.807, 2.05) is 12.1 Å².